The van der Waals surface area contributed by atoms with Gasteiger partial charge in [-0.05, 0) is 40.5 Å². The second-order valence-electron chi connectivity index (χ2n) is 7.50. The zero-order valence-electron chi connectivity index (χ0n) is 17.1. The maximum absolute atomic E-state index is 12.2. The first kappa shape index (κ1) is 21.1. The number of carbonyl (C=O) groups is 1. The van der Waals surface area contributed by atoms with Gasteiger partial charge in [0.05, 0.1) is 11.5 Å². The molecule has 0 spiro atoms. The fourth-order valence-electron chi connectivity index (χ4n) is 2.71. The molecule has 1 aromatic heterocycles. The van der Waals surface area contributed by atoms with Crippen LogP contribution in [0, 0.1) is 12.3 Å². The van der Waals surface area contributed by atoms with Gasteiger partial charge in [0.2, 0.25) is 5.91 Å². The molecule has 1 amide bonds. The molecule has 1 atom stereocenters. The predicted octanol–water partition coefficient (Wildman–Crippen LogP) is 0.500. The molecule has 0 bridgehead atoms. The fourth-order valence-corrected chi connectivity index (χ4v) is 2.71. The van der Waals surface area contributed by atoms with Gasteiger partial charge in [-0.15, -0.1) is 10.2 Å². The number of hydrogen-bond donors (Lipinski definition) is 3. The van der Waals surface area contributed by atoms with E-state index >= 15 is 0 Å². The van der Waals surface area contributed by atoms with E-state index in [1.54, 1.807) is 0 Å². The number of aromatic nitrogens is 3. The first-order valence-electron chi connectivity index (χ1n) is 9.60. The zero-order chi connectivity index (χ0) is 19.9. The Morgan fingerprint density at radius 1 is 1.33 bits per heavy atom. The van der Waals surface area contributed by atoms with E-state index in [1.165, 1.54) is 0 Å². The molecule has 3 N–H and O–H groups in total. The molecule has 2 heterocycles. The first-order valence-corrected chi connectivity index (χ1v) is 9.60. The van der Waals surface area contributed by atoms with Gasteiger partial charge in [0.15, 0.2) is 11.8 Å². The lowest BCUT2D eigenvalue weighted by atomic mass is 9.92. The normalized spacial score (nSPS) is 17.8. The van der Waals surface area contributed by atoms with Crippen LogP contribution in [-0.4, -0.2) is 59.0 Å². The van der Waals surface area contributed by atoms with Gasteiger partial charge in [-0.25, -0.2) is 4.99 Å². The van der Waals surface area contributed by atoms with Crippen LogP contribution >= 0.6 is 0 Å². The number of aryl methyl sites for hydroxylation is 1. The van der Waals surface area contributed by atoms with Crippen LogP contribution in [0.5, 0.6) is 0 Å². The van der Waals surface area contributed by atoms with Crippen molar-refractivity contribution in [3.8, 4) is 0 Å². The van der Waals surface area contributed by atoms with Crippen LogP contribution in [0.3, 0.4) is 0 Å². The average Bonchev–Trinajstić information content (AvgIpc) is 3.26. The van der Waals surface area contributed by atoms with E-state index in [2.05, 4.69) is 31.1 Å². The van der Waals surface area contributed by atoms with Crippen molar-refractivity contribution in [3.63, 3.8) is 0 Å². The molecule has 27 heavy (non-hydrogen) atoms. The molecular formula is C18H33N7O2. The predicted molar refractivity (Wildman–Crippen MR) is 104 cm³/mol. The quantitative estimate of drug-likeness (QED) is 0.449. The van der Waals surface area contributed by atoms with Gasteiger partial charge < -0.3 is 25.3 Å². The highest BCUT2D eigenvalue weighted by atomic mass is 16.5. The van der Waals surface area contributed by atoms with Crippen molar-refractivity contribution < 1.29 is 9.53 Å². The molecule has 0 aliphatic carbocycles. The molecule has 1 aromatic rings. The highest BCUT2D eigenvalue weighted by molar-refractivity contribution is 5.84. The Morgan fingerprint density at radius 2 is 2.11 bits per heavy atom. The fraction of sp³-hybridized carbons (Fsp3) is 0.778. The monoisotopic (exact) mass is 379 g/mol. The topological polar surface area (TPSA) is 105 Å². The zero-order valence-corrected chi connectivity index (χ0v) is 17.1. The summed E-state index contributed by atoms with van der Waals surface area (Å²) in [6.45, 7) is 10.6. The van der Waals surface area contributed by atoms with E-state index < -0.39 is 5.41 Å². The molecule has 0 aromatic carbocycles. The lowest BCUT2D eigenvalue weighted by Gasteiger charge is -2.25. The third kappa shape index (κ3) is 6.20. The summed E-state index contributed by atoms with van der Waals surface area (Å²) in [6, 6.07) is 0. The number of nitrogens with zero attached hydrogens (tertiary/aromatic N) is 4. The summed E-state index contributed by atoms with van der Waals surface area (Å²) >= 11 is 0. The largest absolute Gasteiger partial charge is 0.376 e. The molecule has 2 rings (SSSR count). The minimum Gasteiger partial charge on any atom is -0.376 e. The Bertz CT molecular complexity index is 648. The molecule has 1 fully saturated rings. The van der Waals surface area contributed by atoms with E-state index in [-0.39, 0.29) is 12.0 Å². The van der Waals surface area contributed by atoms with Crippen LogP contribution in [0.25, 0.3) is 0 Å². The summed E-state index contributed by atoms with van der Waals surface area (Å²) in [5, 5.41) is 17.7. The smallest absolute Gasteiger partial charge is 0.227 e. The maximum atomic E-state index is 12.2. The Balaban J connectivity index is 2.00. The summed E-state index contributed by atoms with van der Waals surface area (Å²) in [4.78, 5) is 16.8. The van der Waals surface area contributed by atoms with Crippen molar-refractivity contribution in [1.29, 1.82) is 0 Å². The molecule has 1 aliphatic heterocycles. The van der Waals surface area contributed by atoms with Crippen LogP contribution in [0.2, 0.25) is 0 Å². The van der Waals surface area contributed by atoms with E-state index in [0.29, 0.717) is 32.1 Å². The highest BCUT2D eigenvalue weighted by Crippen LogP contribution is 2.14. The molecule has 0 radical (unpaired) electrons. The molecule has 0 saturated carbocycles. The molecule has 1 aliphatic rings. The van der Waals surface area contributed by atoms with E-state index in [1.807, 2.05) is 39.3 Å². The van der Waals surface area contributed by atoms with Crippen LogP contribution in [0.4, 0.5) is 0 Å². The molecule has 152 valence electrons. The van der Waals surface area contributed by atoms with Crippen molar-refractivity contribution in [2.45, 2.75) is 53.2 Å². The summed E-state index contributed by atoms with van der Waals surface area (Å²) in [5.41, 5.74) is -0.552. The van der Waals surface area contributed by atoms with Crippen molar-refractivity contribution >= 4 is 11.9 Å². The van der Waals surface area contributed by atoms with Crippen molar-refractivity contribution in [3.05, 3.63) is 11.6 Å². The summed E-state index contributed by atoms with van der Waals surface area (Å²) in [7, 11) is 1.92. The SMILES string of the molecule is CCNC(=O)C(C)(C)CNC(=NCc1nnc(C)n1C)NCC1CCCO1. The number of rotatable bonds is 8. The summed E-state index contributed by atoms with van der Waals surface area (Å²) in [5.74, 6) is 2.29. The van der Waals surface area contributed by atoms with Crippen molar-refractivity contribution in [2.75, 3.05) is 26.2 Å². The Morgan fingerprint density at radius 3 is 2.70 bits per heavy atom. The minimum atomic E-state index is -0.552. The molecule has 1 saturated heterocycles. The van der Waals surface area contributed by atoms with Gasteiger partial charge in [-0.2, -0.15) is 0 Å². The molecule has 9 heteroatoms. The summed E-state index contributed by atoms with van der Waals surface area (Å²) < 4.78 is 7.58. The molecule has 9 nitrogen and oxygen atoms in total. The number of hydrogen-bond acceptors (Lipinski definition) is 5. The number of amides is 1. The van der Waals surface area contributed by atoms with Crippen molar-refractivity contribution in [2.24, 2.45) is 17.5 Å². The lowest BCUT2D eigenvalue weighted by molar-refractivity contribution is -0.128. The third-order valence-corrected chi connectivity index (χ3v) is 4.73. The van der Waals surface area contributed by atoms with Crippen molar-refractivity contribution in [1.82, 2.24) is 30.7 Å². The maximum Gasteiger partial charge on any atom is 0.227 e. The summed E-state index contributed by atoms with van der Waals surface area (Å²) in [6.07, 6.45) is 2.34. The van der Waals surface area contributed by atoms with Crippen LogP contribution in [-0.2, 0) is 23.1 Å². The number of ether oxygens (including phenoxy) is 1. The minimum absolute atomic E-state index is 0.0138. The standard InChI is InChI=1S/C18H33N7O2/c1-6-19-16(26)18(3,4)12-22-17(20-10-14-8-7-9-27-14)21-11-15-24-23-13(2)25(15)5/h14H,6-12H2,1-5H3,(H,19,26)(H2,20,21,22). The third-order valence-electron chi connectivity index (χ3n) is 4.73. The number of carbonyl (C=O) groups excluding carboxylic acids is 1. The van der Waals surface area contributed by atoms with Gasteiger partial charge in [-0.3, -0.25) is 4.79 Å². The first-order chi connectivity index (χ1) is 12.8. The number of nitrogens with one attached hydrogen (secondary N) is 3. The van der Waals surface area contributed by atoms with Crippen LogP contribution in [0.15, 0.2) is 4.99 Å². The van der Waals surface area contributed by atoms with Crippen LogP contribution < -0.4 is 16.0 Å². The Labute approximate surface area is 161 Å². The number of guanidine groups is 1. The second kappa shape index (κ2) is 9.68. The Hall–Kier alpha value is -2.16. The van der Waals surface area contributed by atoms with E-state index in [4.69, 9.17) is 4.74 Å². The van der Waals surface area contributed by atoms with Gasteiger partial charge >= 0.3 is 0 Å². The van der Waals surface area contributed by atoms with E-state index in [0.717, 1.165) is 31.1 Å². The average molecular weight is 380 g/mol. The van der Waals surface area contributed by atoms with Gasteiger partial charge in [0.1, 0.15) is 12.4 Å². The molecule has 1 unspecified atom stereocenters. The van der Waals surface area contributed by atoms with Gasteiger partial charge in [0.25, 0.3) is 0 Å². The lowest BCUT2D eigenvalue weighted by Crippen LogP contribution is -2.49. The highest BCUT2D eigenvalue weighted by Gasteiger charge is 2.27. The molecular weight excluding hydrogens is 346 g/mol. The van der Waals surface area contributed by atoms with Crippen LogP contribution in [0.1, 0.15) is 45.3 Å². The van der Waals surface area contributed by atoms with Gasteiger partial charge in [-0.1, -0.05) is 0 Å². The second-order valence-corrected chi connectivity index (χ2v) is 7.50. The Kier molecular flexibility index (Phi) is 7.58. The van der Waals surface area contributed by atoms with Gasteiger partial charge in [0, 0.05) is 33.3 Å². The number of aliphatic imine (C=N–C) groups is 1. The van der Waals surface area contributed by atoms with E-state index in [9.17, 15) is 4.79 Å².